The lowest BCUT2D eigenvalue weighted by Crippen LogP contribution is -2.23. The van der Waals surface area contributed by atoms with Crippen molar-refractivity contribution >= 4 is 28.4 Å². The fourth-order valence-corrected chi connectivity index (χ4v) is 5.10. The Labute approximate surface area is 190 Å². The van der Waals surface area contributed by atoms with Gasteiger partial charge in [-0.2, -0.15) is 0 Å². The smallest absolute Gasteiger partial charge is 0.267 e. The number of aryl methyl sites for hydroxylation is 2. The molecule has 3 heterocycles. The number of thioether (sulfide) groups is 1. The molecular formula is C25H24N4O2S. The molecule has 7 heteroatoms. The molecule has 1 aliphatic carbocycles. The highest BCUT2D eigenvalue weighted by molar-refractivity contribution is 7.99. The normalized spacial score (nSPS) is 13.6. The third kappa shape index (κ3) is 3.66. The molecule has 0 radical (unpaired) electrons. The summed E-state index contributed by atoms with van der Waals surface area (Å²) < 4.78 is 3.79. The van der Waals surface area contributed by atoms with E-state index in [1.54, 1.807) is 12.3 Å². The van der Waals surface area contributed by atoms with Crippen LogP contribution in [-0.2, 0) is 0 Å². The van der Waals surface area contributed by atoms with Crippen molar-refractivity contribution in [3.05, 3.63) is 81.5 Å². The Bertz CT molecular complexity index is 1420. The van der Waals surface area contributed by atoms with Crippen molar-refractivity contribution in [1.82, 2.24) is 19.1 Å². The first-order valence-electron chi connectivity index (χ1n) is 10.7. The van der Waals surface area contributed by atoms with Crippen molar-refractivity contribution in [2.75, 3.05) is 5.75 Å². The number of carbonyl (C=O) groups is 1. The number of para-hydroxylation sites is 1. The second kappa shape index (κ2) is 8.06. The summed E-state index contributed by atoms with van der Waals surface area (Å²) in [6.07, 6.45) is 4.03. The van der Waals surface area contributed by atoms with Crippen LogP contribution in [-0.4, -0.2) is 30.6 Å². The second-order valence-electron chi connectivity index (χ2n) is 8.34. The van der Waals surface area contributed by atoms with Gasteiger partial charge in [0.2, 0.25) is 0 Å². The lowest BCUT2D eigenvalue weighted by atomic mass is 10.2. The Balaban J connectivity index is 1.53. The summed E-state index contributed by atoms with van der Waals surface area (Å²) in [5, 5.41) is 0.996. The first-order chi connectivity index (χ1) is 15.4. The molecular weight excluding hydrogens is 420 g/mol. The first kappa shape index (κ1) is 20.7. The highest BCUT2D eigenvalue weighted by Gasteiger charge is 2.28. The standard InChI is InChI=1S/C25H24N4O2S/c1-15-10-11-26-23(12-15)29-24(31)19-6-4-5-7-21(19)27-25(29)32-14-22(30)20-13-16(2)28(17(20)3)18-8-9-18/h4-7,10-13,18H,8-9,14H2,1-3H3. The highest BCUT2D eigenvalue weighted by atomic mass is 32.2. The van der Waals surface area contributed by atoms with E-state index in [0.717, 1.165) is 22.5 Å². The number of pyridine rings is 1. The molecule has 1 saturated carbocycles. The summed E-state index contributed by atoms with van der Waals surface area (Å²) in [5.74, 6) is 0.752. The van der Waals surface area contributed by atoms with Crippen LogP contribution in [0, 0.1) is 20.8 Å². The van der Waals surface area contributed by atoms with E-state index in [2.05, 4.69) is 16.5 Å². The van der Waals surface area contributed by atoms with Crippen molar-refractivity contribution < 1.29 is 4.79 Å². The lowest BCUT2D eigenvalue weighted by molar-refractivity contribution is 0.102. The van der Waals surface area contributed by atoms with Gasteiger partial charge in [0.25, 0.3) is 5.56 Å². The second-order valence-corrected chi connectivity index (χ2v) is 9.28. The molecule has 1 fully saturated rings. The van der Waals surface area contributed by atoms with Crippen LogP contribution in [0.5, 0.6) is 0 Å². The summed E-state index contributed by atoms with van der Waals surface area (Å²) >= 11 is 1.28. The summed E-state index contributed by atoms with van der Waals surface area (Å²) in [4.78, 5) is 35.6. The number of Topliss-reactive ketones (excluding diaryl/α,β-unsaturated/α-hetero) is 1. The van der Waals surface area contributed by atoms with Gasteiger partial charge in [0.05, 0.1) is 16.7 Å². The third-order valence-corrected chi connectivity index (χ3v) is 6.84. The van der Waals surface area contributed by atoms with E-state index in [0.29, 0.717) is 27.9 Å². The maximum absolute atomic E-state index is 13.3. The molecule has 0 saturated heterocycles. The molecule has 3 aromatic heterocycles. The van der Waals surface area contributed by atoms with Gasteiger partial charge >= 0.3 is 0 Å². The quantitative estimate of drug-likeness (QED) is 0.242. The number of rotatable bonds is 6. The molecule has 0 aliphatic heterocycles. The molecule has 1 aromatic carbocycles. The molecule has 0 atom stereocenters. The lowest BCUT2D eigenvalue weighted by Gasteiger charge is -2.13. The van der Waals surface area contributed by atoms with E-state index in [9.17, 15) is 9.59 Å². The zero-order valence-corrected chi connectivity index (χ0v) is 19.1. The van der Waals surface area contributed by atoms with Crippen LogP contribution in [0.25, 0.3) is 16.7 Å². The van der Waals surface area contributed by atoms with Crippen LogP contribution in [0.3, 0.4) is 0 Å². The van der Waals surface area contributed by atoms with Gasteiger partial charge in [-0.25, -0.2) is 14.5 Å². The van der Waals surface area contributed by atoms with Gasteiger partial charge in [-0.05, 0) is 69.5 Å². The summed E-state index contributed by atoms with van der Waals surface area (Å²) in [6.45, 7) is 6.03. The Hall–Kier alpha value is -3.19. The van der Waals surface area contributed by atoms with E-state index in [-0.39, 0.29) is 17.1 Å². The zero-order chi connectivity index (χ0) is 22.4. The van der Waals surface area contributed by atoms with Crippen molar-refractivity contribution in [1.29, 1.82) is 0 Å². The Morgan fingerprint density at radius 3 is 2.66 bits per heavy atom. The number of hydrogen-bond acceptors (Lipinski definition) is 5. The monoisotopic (exact) mass is 444 g/mol. The molecule has 4 aromatic rings. The van der Waals surface area contributed by atoms with Crippen LogP contribution in [0.15, 0.2) is 58.6 Å². The SMILES string of the molecule is Cc1ccnc(-n2c(SCC(=O)c3cc(C)n(C4CC4)c3C)nc3ccccc3c2=O)c1. The van der Waals surface area contributed by atoms with Gasteiger partial charge in [-0.1, -0.05) is 23.9 Å². The summed E-state index contributed by atoms with van der Waals surface area (Å²) in [5.41, 5.74) is 4.33. The van der Waals surface area contributed by atoms with Gasteiger partial charge < -0.3 is 4.57 Å². The molecule has 162 valence electrons. The molecule has 32 heavy (non-hydrogen) atoms. The largest absolute Gasteiger partial charge is 0.345 e. The molecule has 0 spiro atoms. The van der Waals surface area contributed by atoms with Crippen LogP contribution < -0.4 is 5.56 Å². The van der Waals surface area contributed by atoms with Gasteiger partial charge in [-0.3, -0.25) is 9.59 Å². The van der Waals surface area contributed by atoms with Crippen LogP contribution in [0.1, 0.15) is 46.2 Å². The summed E-state index contributed by atoms with van der Waals surface area (Å²) in [7, 11) is 0. The zero-order valence-electron chi connectivity index (χ0n) is 18.3. The number of nitrogens with zero attached hydrogens (tertiary/aromatic N) is 4. The average molecular weight is 445 g/mol. The van der Waals surface area contributed by atoms with Gasteiger partial charge in [0.15, 0.2) is 10.9 Å². The summed E-state index contributed by atoms with van der Waals surface area (Å²) in [6, 6.07) is 13.5. The maximum Gasteiger partial charge on any atom is 0.267 e. The molecule has 1 aliphatic rings. The third-order valence-electron chi connectivity index (χ3n) is 5.90. The van der Waals surface area contributed by atoms with Crippen LogP contribution >= 0.6 is 11.8 Å². The number of hydrogen-bond donors (Lipinski definition) is 0. The molecule has 0 N–H and O–H groups in total. The molecule has 0 amide bonds. The van der Waals surface area contributed by atoms with Crippen molar-refractivity contribution in [2.24, 2.45) is 0 Å². The van der Waals surface area contributed by atoms with Crippen molar-refractivity contribution in [2.45, 2.75) is 44.8 Å². The molecule has 6 nitrogen and oxygen atoms in total. The van der Waals surface area contributed by atoms with Crippen LogP contribution in [0.4, 0.5) is 0 Å². The number of ketones is 1. The van der Waals surface area contributed by atoms with E-state index in [1.807, 2.05) is 50.2 Å². The van der Waals surface area contributed by atoms with Crippen molar-refractivity contribution in [3.8, 4) is 5.82 Å². The maximum atomic E-state index is 13.3. The predicted octanol–water partition coefficient (Wildman–Crippen LogP) is 4.82. The number of benzene rings is 1. The molecule has 0 bridgehead atoms. The fourth-order valence-electron chi connectivity index (χ4n) is 4.22. The Morgan fingerprint density at radius 2 is 1.91 bits per heavy atom. The van der Waals surface area contributed by atoms with E-state index >= 15 is 0 Å². The molecule has 5 rings (SSSR count). The van der Waals surface area contributed by atoms with E-state index in [4.69, 9.17) is 4.98 Å². The Kier molecular flexibility index (Phi) is 5.21. The molecule has 0 unspecified atom stereocenters. The minimum Gasteiger partial charge on any atom is -0.345 e. The van der Waals surface area contributed by atoms with Gasteiger partial charge in [0, 0.05) is 29.2 Å². The van der Waals surface area contributed by atoms with Gasteiger partial charge in [-0.15, -0.1) is 0 Å². The minimum atomic E-state index is -0.185. The minimum absolute atomic E-state index is 0.0427. The van der Waals surface area contributed by atoms with E-state index < -0.39 is 0 Å². The Morgan fingerprint density at radius 1 is 1.12 bits per heavy atom. The first-order valence-corrected chi connectivity index (χ1v) is 11.7. The highest BCUT2D eigenvalue weighted by Crippen LogP contribution is 2.38. The van der Waals surface area contributed by atoms with Crippen LogP contribution in [0.2, 0.25) is 0 Å². The van der Waals surface area contributed by atoms with Crippen molar-refractivity contribution in [3.63, 3.8) is 0 Å². The number of carbonyl (C=O) groups excluding carboxylic acids is 1. The predicted molar refractivity (Wildman–Crippen MR) is 127 cm³/mol. The average Bonchev–Trinajstić information content (AvgIpc) is 3.56. The fraction of sp³-hybridized carbons (Fsp3) is 0.280. The number of aromatic nitrogens is 4. The van der Waals surface area contributed by atoms with Gasteiger partial charge in [0.1, 0.15) is 5.82 Å². The topological polar surface area (TPSA) is 69.8 Å². The number of fused-ring (bicyclic) bond motifs is 1. The van der Waals surface area contributed by atoms with E-state index in [1.165, 1.54) is 29.2 Å².